The molecule has 0 saturated carbocycles. The van der Waals surface area contributed by atoms with Gasteiger partial charge >= 0.3 is 0 Å². The number of hydrogen-bond donors (Lipinski definition) is 1. The first kappa shape index (κ1) is 16.2. The third-order valence-electron chi connectivity index (χ3n) is 4.31. The van der Waals surface area contributed by atoms with Crippen molar-refractivity contribution in [3.05, 3.63) is 59.7 Å². The predicted molar refractivity (Wildman–Crippen MR) is 96.2 cm³/mol. The van der Waals surface area contributed by atoms with E-state index in [9.17, 15) is 9.59 Å². The van der Waals surface area contributed by atoms with Crippen molar-refractivity contribution in [2.24, 2.45) is 0 Å². The SMILES string of the molecule is CCc1cccc(NC(=O)Cc2ccc(N3CCCC3=O)cc2)c1. The first-order valence-electron chi connectivity index (χ1n) is 8.44. The summed E-state index contributed by atoms with van der Waals surface area (Å²) in [5.74, 6) is 0.143. The molecule has 0 atom stereocenters. The number of benzene rings is 2. The van der Waals surface area contributed by atoms with Gasteiger partial charge in [-0.3, -0.25) is 9.59 Å². The van der Waals surface area contributed by atoms with E-state index in [-0.39, 0.29) is 11.8 Å². The van der Waals surface area contributed by atoms with Gasteiger partial charge in [-0.25, -0.2) is 0 Å². The van der Waals surface area contributed by atoms with Crippen LogP contribution >= 0.6 is 0 Å². The Morgan fingerprint density at radius 2 is 1.92 bits per heavy atom. The van der Waals surface area contributed by atoms with E-state index in [2.05, 4.69) is 12.2 Å². The van der Waals surface area contributed by atoms with Crippen LogP contribution in [0.25, 0.3) is 0 Å². The number of carbonyl (C=O) groups is 2. The van der Waals surface area contributed by atoms with Crippen molar-refractivity contribution in [3.63, 3.8) is 0 Å². The zero-order valence-corrected chi connectivity index (χ0v) is 13.9. The van der Waals surface area contributed by atoms with Crippen LogP contribution in [0, 0.1) is 0 Å². The van der Waals surface area contributed by atoms with Gasteiger partial charge in [0.05, 0.1) is 6.42 Å². The Morgan fingerprint density at radius 3 is 2.58 bits per heavy atom. The lowest BCUT2D eigenvalue weighted by atomic mass is 10.1. The fourth-order valence-electron chi connectivity index (χ4n) is 2.97. The fourth-order valence-corrected chi connectivity index (χ4v) is 2.97. The van der Waals surface area contributed by atoms with Crippen LogP contribution in [0.15, 0.2) is 48.5 Å². The second-order valence-electron chi connectivity index (χ2n) is 6.09. The second-order valence-corrected chi connectivity index (χ2v) is 6.09. The van der Waals surface area contributed by atoms with Gasteiger partial charge in [-0.2, -0.15) is 0 Å². The monoisotopic (exact) mass is 322 g/mol. The molecule has 1 aliphatic heterocycles. The Labute approximate surface area is 142 Å². The summed E-state index contributed by atoms with van der Waals surface area (Å²) < 4.78 is 0. The largest absolute Gasteiger partial charge is 0.326 e. The van der Waals surface area contributed by atoms with E-state index in [1.54, 1.807) is 4.90 Å². The minimum atomic E-state index is -0.0340. The van der Waals surface area contributed by atoms with Gasteiger partial charge in [-0.1, -0.05) is 31.2 Å². The summed E-state index contributed by atoms with van der Waals surface area (Å²) in [6.45, 7) is 2.88. The number of nitrogens with one attached hydrogen (secondary N) is 1. The fraction of sp³-hybridized carbons (Fsp3) is 0.300. The summed E-state index contributed by atoms with van der Waals surface area (Å²) >= 11 is 0. The molecule has 2 aromatic rings. The maximum Gasteiger partial charge on any atom is 0.228 e. The lowest BCUT2D eigenvalue weighted by Crippen LogP contribution is -2.23. The van der Waals surface area contributed by atoms with Crippen LogP contribution in [0.5, 0.6) is 0 Å². The van der Waals surface area contributed by atoms with Gasteiger partial charge in [-0.15, -0.1) is 0 Å². The lowest BCUT2D eigenvalue weighted by molar-refractivity contribution is -0.117. The molecule has 4 nitrogen and oxygen atoms in total. The van der Waals surface area contributed by atoms with Crippen molar-refractivity contribution in [1.29, 1.82) is 0 Å². The van der Waals surface area contributed by atoms with Crippen molar-refractivity contribution >= 4 is 23.2 Å². The highest BCUT2D eigenvalue weighted by Gasteiger charge is 2.21. The van der Waals surface area contributed by atoms with Crippen LogP contribution in [0.4, 0.5) is 11.4 Å². The molecule has 0 spiro atoms. The molecular weight excluding hydrogens is 300 g/mol. The van der Waals surface area contributed by atoms with E-state index in [0.29, 0.717) is 12.8 Å². The highest BCUT2D eigenvalue weighted by Crippen LogP contribution is 2.22. The molecule has 124 valence electrons. The van der Waals surface area contributed by atoms with E-state index in [1.807, 2.05) is 48.5 Å². The molecule has 1 fully saturated rings. The summed E-state index contributed by atoms with van der Waals surface area (Å²) in [5.41, 5.74) is 3.89. The van der Waals surface area contributed by atoms with Crippen molar-refractivity contribution in [2.75, 3.05) is 16.8 Å². The topological polar surface area (TPSA) is 49.4 Å². The smallest absolute Gasteiger partial charge is 0.228 e. The highest BCUT2D eigenvalue weighted by molar-refractivity contribution is 5.95. The quantitative estimate of drug-likeness (QED) is 0.915. The standard InChI is InChI=1S/C20H22N2O2/c1-2-15-5-3-6-17(13-15)21-19(23)14-16-8-10-18(11-9-16)22-12-4-7-20(22)24/h3,5-6,8-11,13H,2,4,7,12,14H2,1H3,(H,21,23). The zero-order valence-electron chi connectivity index (χ0n) is 13.9. The summed E-state index contributed by atoms with van der Waals surface area (Å²) in [4.78, 5) is 25.8. The van der Waals surface area contributed by atoms with Crippen molar-refractivity contribution in [3.8, 4) is 0 Å². The molecule has 0 unspecified atom stereocenters. The number of hydrogen-bond acceptors (Lipinski definition) is 2. The van der Waals surface area contributed by atoms with E-state index in [4.69, 9.17) is 0 Å². The Kier molecular flexibility index (Phi) is 4.94. The average molecular weight is 322 g/mol. The molecule has 1 saturated heterocycles. The van der Waals surface area contributed by atoms with Crippen molar-refractivity contribution in [1.82, 2.24) is 0 Å². The van der Waals surface area contributed by atoms with E-state index >= 15 is 0 Å². The van der Waals surface area contributed by atoms with E-state index < -0.39 is 0 Å². The number of aryl methyl sites for hydroxylation is 1. The summed E-state index contributed by atoms with van der Waals surface area (Å²) in [6, 6.07) is 15.6. The molecule has 3 rings (SSSR count). The molecule has 0 aliphatic carbocycles. The first-order chi connectivity index (χ1) is 11.7. The summed E-state index contributed by atoms with van der Waals surface area (Å²) in [5, 5.41) is 2.94. The van der Waals surface area contributed by atoms with Crippen molar-refractivity contribution in [2.45, 2.75) is 32.6 Å². The minimum Gasteiger partial charge on any atom is -0.326 e. The number of carbonyl (C=O) groups excluding carboxylic acids is 2. The number of anilines is 2. The van der Waals surface area contributed by atoms with Gasteiger partial charge in [0.1, 0.15) is 0 Å². The zero-order chi connectivity index (χ0) is 16.9. The molecule has 0 bridgehead atoms. The number of amides is 2. The molecule has 0 radical (unpaired) electrons. The molecule has 0 aromatic heterocycles. The summed E-state index contributed by atoms with van der Waals surface area (Å²) in [6.07, 6.45) is 2.81. The molecule has 4 heteroatoms. The molecule has 2 aromatic carbocycles. The van der Waals surface area contributed by atoms with Gasteiger partial charge in [0.2, 0.25) is 11.8 Å². The van der Waals surface area contributed by atoms with Crippen LogP contribution in [-0.4, -0.2) is 18.4 Å². The number of nitrogens with zero attached hydrogens (tertiary/aromatic N) is 1. The van der Waals surface area contributed by atoms with Crippen LogP contribution in [0.2, 0.25) is 0 Å². The van der Waals surface area contributed by atoms with E-state index in [0.717, 1.165) is 36.3 Å². The van der Waals surface area contributed by atoms with Gasteiger partial charge in [0.15, 0.2) is 0 Å². The predicted octanol–water partition coefficient (Wildman–Crippen LogP) is 3.56. The van der Waals surface area contributed by atoms with Gasteiger partial charge in [0.25, 0.3) is 0 Å². The maximum atomic E-state index is 12.2. The molecule has 2 amide bonds. The number of rotatable bonds is 5. The first-order valence-corrected chi connectivity index (χ1v) is 8.44. The molecule has 1 N–H and O–H groups in total. The van der Waals surface area contributed by atoms with Crippen molar-refractivity contribution < 1.29 is 9.59 Å². The average Bonchev–Trinajstić information content (AvgIpc) is 3.01. The Hall–Kier alpha value is -2.62. The summed E-state index contributed by atoms with van der Waals surface area (Å²) in [7, 11) is 0. The molecule has 24 heavy (non-hydrogen) atoms. The third-order valence-corrected chi connectivity index (χ3v) is 4.31. The highest BCUT2D eigenvalue weighted by atomic mass is 16.2. The van der Waals surface area contributed by atoms with E-state index in [1.165, 1.54) is 5.56 Å². The van der Waals surface area contributed by atoms with Crippen LogP contribution in [0.1, 0.15) is 30.9 Å². The maximum absolute atomic E-state index is 12.2. The Balaban J connectivity index is 1.61. The molecule has 1 heterocycles. The van der Waals surface area contributed by atoms with Gasteiger partial charge in [0, 0.05) is 24.3 Å². The molecular formula is C20H22N2O2. The van der Waals surface area contributed by atoms with Gasteiger partial charge in [-0.05, 0) is 48.2 Å². The lowest BCUT2D eigenvalue weighted by Gasteiger charge is -2.15. The third kappa shape index (κ3) is 3.82. The second kappa shape index (κ2) is 7.30. The van der Waals surface area contributed by atoms with Crippen LogP contribution in [-0.2, 0) is 22.4 Å². The van der Waals surface area contributed by atoms with Gasteiger partial charge < -0.3 is 10.2 Å². The normalized spacial score (nSPS) is 14.0. The Morgan fingerprint density at radius 1 is 1.12 bits per heavy atom. The minimum absolute atomic E-state index is 0.0340. The molecule has 1 aliphatic rings. The Bertz CT molecular complexity index is 738. The van der Waals surface area contributed by atoms with Crippen LogP contribution < -0.4 is 10.2 Å². The van der Waals surface area contributed by atoms with Crippen LogP contribution in [0.3, 0.4) is 0 Å².